The molecule has 0 aliphatic carbocycles. The van der Waals surface area contributed by atoms with Crippen LogP contribution in [0.15, 0.2) is 47.1 Å². The van der Waals surface area contributed by atoms with E-state index in [2.05, 4.69) is 31.5 Å². The maximum Gasteiger partial charge on any atom is 0.221 e. The van der Waals surface area contributed by atoms with Gasteiger partial charge in [-0.2, -0.15) is 0 Å². The Morgan fingerprint density at radius 3 is 2.79 bits per heavy atom. The summed E-state index contributed by atoms with van der Waals surface area (Å²) in [5.74, 6) is -0.0823. The molecule has 2 N–H and O–H groups in total. The molecule has 2 rings (SSSR count). The molecule has 0 atom stereocenters. The van der Waals surface area contributed by atoms with Crippen molar-refractivity contribution in [3.63, 3.8) is 0 Å². The number of hydrogen-bond acceptors (Lipinski definition) is 3. The molecule has 0 saturated heterocycles. The number of benzene rings is 1. The molecule has 0 saturated carbocycles. The van der Waals surface area contributed by atoms with Crippen LogP contribution < -0.4 is 10.6 Å². The summed E-state index contributed by atoms with van der Waals surface area (Å²) in [7, 11) is 0. The second kappa shape index (κ2) is 6.33. The van der Waals surface area contributed by atoms with Gasteiger partial charge in [0.15, 0.2) is 0 Å². The second-order valence-electron chi connectivity index (χ2n) is 4.05. The Hall–Kier alpha value is -1.88. The topological polar surface area (TPSA) is 54.0 Å². The van der Waals surface area contributed by atoms with Crippen molar-refractivity contribution >= 4 is 33.2 Å². The predicted octanol–water partition coefficient (Wildman–Crippen LogP) is 3.41. The Kier molecular flexibility index (Phi) is 4.52. The number of nitrogens with zero attached hydrogens (tertiary/aromatic N) is 1. The zero-order valence-corrected chi connectivity index (χ0v) is 12.1. The molecule has 0 aliphatic rings. The van der Waals surface area contributed by atoms with Crippen LogP contribution in [0.5, 0.6) is 0 Å². The fraction of sp³-hybridized carbons (Fsp3) is 0.143. The lowest BCUT2D eigenvalue weighted by atomic mass is 10.2. The van der Waals surface area contributed by atoms with Gasteiger partial charge in [-0.25, -0.2) is 0 Å². The van der Waals surface area contributed by atoms with Gasteiger partial charge in [-0.15, -0.1) is 0 Å². The fourth-order valence-electron chi connectivity index (χ4n) is 1.63. The quantitative estimate of drug-likeness (QED) is 0.908. The van der Waals surface area contributed by atoms with E-state index in [1.54, 1.807) is 6.20 Å². The van der Waals surface area contributed by atoms with Crippen molar-refractivity contribution in [3.05, 3.63) is 52.8 Å². The number of carbonyl (C=O) groups excluding carboxylic acids is 1. The number of carbonyl (C=O) groups is 1. The second-order valence-corrected chi connectivity index (χ2v) is 4.90. The maximum absolute atomic E-state index is 11.0. The molecule has 0 bridgehead atoms. The smallest absolute Gasteiger partial charge is 0.221 e. The number of rotatable bonds is 4. The predicted molar refractivity (Wildman–Crippen MR) is 80.0 cm³/mol. The van der Waals surface area contributed by atoms with E-state index < -0.39 is 0 Å². The molecule has 98 valence electrons. The highest BCUT2D eigenvalue weighted by atomic mass is 79.9. The lowest BCUT2D eigenvalue weighted by Crippen LogP contribution is -2.06. The Morgan fingerprint density at radius 1 is 1.32 bits per heavy atom. The van der Waals surface area contributed by atoms with Crippen LogP contribution >= 0.6 is 15.9 Å². The Bertz CT molecular complexity index is 572. The summed E-state index contributed by atoms with van der Waals surface area (Å²) in [6.07, 6.45) is 1.77. The van der Waals surface area contributed by atoms with Gasteiger partial charge in [-0.05, 0) is 46.3 Å². The van der Waals surface area contributed by atoms with E-state index in [0.29, 0.717) is 6.54 Å². The molecule has 1 aromatic carbocycles. The molecule has 2 aromatic rings. The van der Waals surface area contributed by atoms with Gasteiger partial charge in [0.1, 0.15) is 0 Å². The molecule has 0 spiro atoms. The van der Waals surface area contributed by atoms with E-state index >= 15 is 0 Å². The van der Waals surface area contributed by atoms with Crippen molar-refractivity contribution < 1.29 is 4.79 Å². The molecule has 1 heterocycles. The van der Waals surface area contributed by atoms with Crippen LogP contribution in [0, 0.1) is 0 Å². The van der Waals surface area contributed by atoms with Crippen molar-refractivity contribution in [1.82, 2.24) is 4.98 Å². The van der Waals surface area contributed by atoms with Crippen molar-refractivity contribution in [1.29, 1.82) is 0 Å². The van der Waals surface area contributed by atoms with Crippen LogP contribution in [0.2, 0.25) is 0 Å². The number of anilines is 2. The lowest BCUT2D eigenvalue weighted by Gasteiger charge is -2.10. The standard InChI is InChI=1S/C14H14BrN3O/c1-10(19)18-11-5-6-14(13(15)8-11)17-9-12-4-2-3-7-16-12/h2-8,17H,9H2,1H3,(H,18,19). The number of aromatic nitrogens is 1. The summed E-state index contributed by atoms with van der Waals surface area (Å²) in [6.45, 7) is 2.14. The van der Waals surface area contributed by atoms with Crippen LogP contribution in [0.1, 0.15) is 12.6 Å². The molecular weight excluding hydrogens is 306 g/mol. The molecule has 0 unspecified atom stereocenters. The Labute approximate surface area is 120 Å². The lowest BCUT2D eigenvalue weighted by molar-refractivity contribution is -0.114. The number of nitrogens with one attached hydrogen (secondary N) is 2. The maximum atomic E-state index is 11.0. The van der Waals surface area contributed by atoms with Gasteiger partial charge in [0, 0.05) is 29.0 Å². The van der Waals surface area contributed by atoms with Crippen molar-refractivity contribution in [2.24, 2.45) is 0 Å². The van der Waals surface area contributed by atoms with E-state index in [-0.39, 0.29) is 5.91 Å². The number of halogens is 1. The van der Waals surface area contributed by atoms with Gasteiger partial charge in [0.05, 0.1) is 12.2 Å². The first-order chi connectivity index (χ1) is 9.15. The first-order valence-electron chi connectivity index (χ1n) is 5.86. The highest BCUT2D eigenvalue weighted by Crippen LogP contribution is 2.26. The van der Waals surface area contributed by atoms with Gasteiger partial charge in [-0.3, -0.25) is 9.78 Å². The summed E-state index contributed by atoms with van der Waals surface area (Å²) >= 11 is 3.48. The summed E-state index contributed by atoms with van der Waals surface area (Å²) in [5.41, 5.74) is 2.70. The van der Waals surface area contributed by atoms with E-state index in [0.717, 1.165) is 21.5 Å². The molecule has 1 aromatic heterocycles. The summed E-state index contributed by atoms with van der Waals surface area (Å²) < 4.78 is 0.898. The minimum absolute atomic E-state index is 0.0823. The van der Waals surface area contributed by atoms with E-state index in [1.165, 1.54) is 6.92 Å². The minimum atomic E-state index is -0.0823. The minimum Gasteiger partial charge on any atom is -0.378 e. The number of pyridine rings is 1. The third-order valence-corrected chi connectivity index (χ3v) is 3.13. The highest BCUT2D eigenvalue weighted by Gasteiger charge is 2.03. The fourth-order valence-corrected chi connectivity index (χ4v) is 2.15. The van der Waals surface area contributed by atoms with Crippen LogP contribution in [0.3, 0.4) is 0 Å². The van der Waals surface area contributed by atoms with Crippen molar-refractivity contribution in [3.8, 4) is 0 Å². The molecular formula is C14H14BrN3O. The molecule has 4 nitrogen and oxygen atoms in total. The normalized spacial score (nSPS) is 10.0. The van der Waals surface area contributed by atoms with Gasteiger partial charge in [-0.1, -0.05) is 6.07 Å². The monoisotopic (exact) mass is 319 g/mol. The van der Waals surface area contributed by atoms with Crippen LogP contribution in [-0.2, 0) is 11.3 Å². The Balaban J connectivity index is 2.03. The van der Waals surface area contributed by atoms with Crippen LogP contribution in [0.4, 0.5) is 11.4 Å². The van der Waals surface area contributed by atoms with Gasteiger partial charge < -0.3 is 10.6 Å². The summed E-state index contributed by atoms with van der Waals surface area (Å²) in [6, 6.07) is 11.4. The zero-order valence-electron chi connectivity index (χ0n) is 10.5. The van der Waals surface area contributed by atoms with E-state index in [1.807, 2.05) is 36.4 Å². The van der Waals surface area contributed by atoms with Gasteiger partial charge in [0.25, 0.3) is 0 Å². The summed E-state index contributed by atoms with van der Waals surface area (Å²) in [4.78, 5) is 15.2. The zero-order chi connectivity index (χ0) is 13.7. The molecule has 0 radical (unpaired) electrons. The first-order valence-corrected chi connectivity index (χ1v) is 6.65. The average molecular weight is 320 g/mol. The summed E-state index contributed by atoms with van der Waals surface area (Å²) in [5, 5.41) is 6.03. The average Bonchev–Trinajstić information content (AvgIpc) is 2.38. The van der Waals surface area contributed by atoms with Crippen LogP contribution in [0.25, 0.3) is 0 Å². The third kappa shape index (κ3) is 4.06. The van der Waals surface area contributed by atoms with Crippen molar-refractivity contribution in [2.45, 2.75) is 13.5 Å². The highest BCUT2D eigenvalue weighted by molar-refractivity contribution is 9.10. The third-order valence-electron chi connectivity index (χ3n) is 2.48. The largest absolute Gasteiger partial charge is 0.378 e. The van der Waals surface area contributed by atoms with Gasteiger partial charge in [0.2, 0.25) is 5.91 Å². The van der Waals surface area contributed by atoms with E-state index in [4.69, 9.17) is 0 Å². The van der Waals surface area contributed by atoms with Crippen LogP contribution in [-0.4, -0.2) is 10.9 Å². The van der Waals surface area contributed by atoms with Crippen molar-refractivity contribution in [2.75, 3.05) is 10.6 Å². The van der Waals surface area contributed by atoms with E-state index in [9.17, 15) is 4.79 Å². The molecule has 5 heteroatoms. The molecule has 0 aliphatic heterocycles. The SMILES string of the molecule is CC(=O)Nc1ccc(NCc2ccccn2)c(Br)c1. The Morgan fingerprint density at radius 2 is 2.16 bits per heavy atom. The molecule has 1 amide bonds. The van der Waals surface area contributed by atoms with Gasteiger partial charge >= 0.3 is 0 Å². The number of hydrogen-bond donors (Lipinski definition) is 2. The first kappa shape index (κ1) is 13.5. The molecule has 0 fully saturated rings. The number of amides is 1. The molecule has 19 heavy (non-hydrogen) atoms.